The number of aromatic nitrogens is 1. The molecule has 2 rings (SSSR count). The lowest BCUT2D eigenvalue weighted by Crippen LogP contribution is -2.00. The van der Waals surface area contributed by atoms with E-state index in [2.05, 4.69) is 4.98 Å². The van der Waals surface area contributed by atoms with Gasteiger partial charge in [-0.1, -0.05) is 0 Å². The molecular weight excluding hydrogens is 251 g/mol. The van der Waals surface area contributed by atoms with E-state index in [-0.39, 0.29) is 11.3 Å². The highest BCUT2D eigenvalue weighted by atomic mass is 32.1. The van der Waals surface area contributed by atoms with E-state index in [0.717, 1.165) is 6.07 Å². The van der Waals surface area contributed by atoms with Gasteiger partial charge >= 0.3 is 6.18 Å². The number of carbonyl (C=O) groups is 1. The van der Waals surface area contributed by atoms with E-state index in [4.69, 9.17) is 0 Å². The smallest absolute Gasteiger partial charge is 0.298 e. The van der Waals surface area contributed by atoms with Gasteiger partial charge in [0, 0.05) is 11.8 Å². The third-order valence-corrected chi connectivity index (χ3v) is 3.22. The molecular formula is C11H6F3NOS. The van der Waals surface area contributed by atoms with E-state index in [1.807, 2.05) is 0 Å². The van der Waals surface area contributed by atoms with Crippen molar-refractivity contribution in [1.29, 1.82) is 0 Å². The molecule has 2 nitrogen and oxygen atoms in total. The fourth-order valence-corrected chi connectivity index (χ4v) is 2.23. The summed E-state index contributed by atoms with van der Waals surface area (Å²) in [6, 6.07) is 5.39. The third-order valence-electron chi connectivity index (χ3n) is 2.08. The summed E-state index contributed by atoms with van der Waals surface area (Å²) < 4.78 is 37.3. The van der Waals surface area contributed by atoms with Gasteiger partial charge in [-0.2, -0.15) is 13.2 Å². The van der Waals surface area contributed by atoms with Gasteiger partial charge in [-0.25, -0.2) is 0 Å². The molecule has 2 aromatic rings. The Morgan fingerprint density at radius 1 is 1.24 bits per heavy atom. The van der Waals surface area contributed by atoms with Crippen molar-refractivity contribution in [2.75, 3.05) is 0 Å². The summed E-state index contributed by atoms with van der Waals surface area (Å²) in [4.78, 5) is 14.3. The Labute approximate surface area is 98.7 Å². The highest BCUT2D eigenvalue weighted by molar-refractivity contribution is 7.15. The molecule has 2 heterocycles. The van der Waals surface area contributed by atoms with E-state index in [0.29, 0.717) is 22.5 Å². The van der Waals surface area contributed by atoms with Gasteiger partial charge in [-0.15, -0.1) is 11.3 Å². The predicted octanol–water partition coefficient (Wildman–Crippen LogP) is 3.64. The van der Waals surface area contributed by atoms with Crippen LogP contribution >= 0.6 is 11.3 Å². The number of nitrogens with zero attached hydrogens (tertiary/aromatic N) is 1. The lowest BCUT2D eigenvalue weighted by atomic mass is 10.2. The number of thiophene rings is 1. The molecule has 0 fully saturated rings. The maximum Gasteiger partial charge on any atom is 0.425 e. The van der Waals surface area contributed by atoms with Crippen molar-refractivity contribution < 1.29 is 18.0 Å². The Kier molecular flexibility index (Phi) is 2.97. The number of halogens is 3. The molecule has 0 bridgehead atoms. The molecule has 0 aliphatic carbocycles. The van der Waals surface area contributed by atoms with Gasteiger partial charge in [0.05, 0.1) is 10.6 Å². The van der Waals surface area contributed by atoms with E-state index >= 15 is 0 Å². The van der Waals surface area contributed by atoms with Gasteiger partial charge in [0.15, 0.2) is 6.29 Å². The highest BCUT2D eigenvalue weighted by Crippen LogP contribution is 2.38. The van der Waals surface area contributed by atoms with Crippen molar-refractivity contribution in [2.24, 2.45) is 0 Å². The Morgan fingerprint density at radius 3 is 2.59 bits per heavy atom. The molecule has 6 heteroatoms. The van der Waals surface area contributed by atoms with Crippen LogP contribution in [-0.4, -0.2) is 11.3 Å². The Balaban J connectivity index is 2.47. The second-order valence-corrected chi connectivity index (χ2v) is 4.30. The summed E-state index contributed by atoms with van der Waals surface area (Å²) in [5.41, 5.74) is 0.561. The summed E-state index contributed by atoms with van der Waals surface area (Å²) in [5, 5.41) is 0. The molecule has 0 radical (unpaired) electrons. The first-order valence-corrected chi connectivity index (χ1v) is 5.41. The summed E-state index contributed by atoms with van der Waals surface area (Å²) in [6.07, 6.45) is -2.34. The van der Waals surface area contributed by atoms with Crippen LogP contribution in [0.5, 0.6) is 0 Å². The highest BCUT2D eigenvalue weighted by Gasteiger charge is 2.32. The monoisotopic (exact) mass is 257 g/mol. The topological polar surface area (TPSA) is 30.0 Å². The van der Waals surface area contributed by atoms with Crippen molar-refractivity contribution in [2.45, 2.75) is 6.18 Å². The van der Waals surface area contributed by atoms with Crippen molar-refractivity contribution in [1.82, 2.24) is 4.98 Å². The van der Waals surface area contributed by atoms with Crippen LogP contribution in [0.3, 0.4) is 0 Å². The molecule has 0 atom stereocenters. The molecule has 0 saturated heterocycles. The largest absolute Gasteiger partial charge is 0.425 e. The molecule has 0 N–H and O–H groups in total. The molecule has 0 unspecified atom stereocenters. The minimum absolute atomic E-state index is 0.281. The minimum Gasteiger partial charge on any atom is -0.298 e. The number of carbonyl (C=O) groups excluding carboxylic acids is 1. The van der Waals surface area contributed by atoms with Crippen molar-refractivity contribution in [3.05, 3.63) is 40.9 Å². The van der Waals surface area contributed by atoms with Crippen LogP contribution in [0, 0.1) is 0 Å². The second-order valence-electron chi connectivity index (χ2n) is 3.22. The molecule has 0 aromatic carbocycles. The quantitative estimate of drug-likeness (QED) is 0.769. The third kappa shape index (κ3) is 2.36. The lowest BCUT2D eigenvalue weighted by Gasteiger charge is -2.02. The zero-order chi connectivity index (χ0) is 12.5. The molecule has 0 saturated carbocycles. The van der Waals surface area contributed by atoms with Gasteiger partial charge in [-0.05, 0) is 24.3 Å². The minimum atomic E-state index is -4.36. The van der Waals surface area contributed by atoms with Crippen LogP contribution in [0.25, 0.3) is 10.6 Å². The number of rotatable bonds is 2. The van der Waals surface area contributed by atoms with Crippen molar-refractivity contribution in [3.8, 4) is 10.6 Å². The van der Waals surface area contributed by atoms with Crippen LogP contribution in [-0.2, 0) is 6.18 Å². The van der Waals surface area contributed by atoms with Crippen LogP contribution in [0.2, 0.25) is 0 Å². The van der Waals surface area contributed by atoms with Crippen molar-refractivity contribution >= 4 is 17.6 Å². The standard InChI is InChI=1S/C11H6F3NOS/c12-11(13,14)9-4-3-8(17-9)10-7(6-16)2-1-5-15-10/h1-6H. The van der Waals surface area contributed by atoms with Gasteiger partial charge in [0.1, 0.15) is 4.88 Å². The van der Waals surface area contributed by atoms with Crippen LogP contribution in [0.4, 0.5) is 13.2 Å². The van der Waals surface area contributed by atoms with Gasteiger partial charge in [0.2, 0.25) is 0 Å². The fourth-order valence-electron chi connectivity index (χ4n) is 1.34. The van der Waals surface area contributed by atoms with E-state index in [1.165, 1.54) is 18.3 Å². The normalized spacial score (nSPS) is 11.5. The average Bonchev–Trinajstić information content (AvgIpc) is 2.77. The van der Waals surface area contributed by atoms with Crippen LogP contribution in [0.15, 0.2) is 30.5 Å². The molecule has 0 spiro atoms. The Morgan fingerprint density at radius 2 is 2.00 bits per heavy atom. The summed E-state index contributed by atoms with van der Waals surface area (Å²) >= 11 is 0.576. The molecule has 0 aliphatic rings. The van der Waals surface area contributed by atoms with Crippen LogP contribution in [0.1, 0.15) is 15.2 Å². The first kappa shape index (κ1) is 11.8. The van der Waals surface area contributed by atoms with Gasteiger partial charge < -0.3 is 0 Å². The summed E-state index contributed by atoms with van der Waals surface area (Å²) in [7, 11) is 0. The first-order chi connectivity index (χ1) is 8.02. The molecule has 17 heavy (non-hydrogen) atoms. The summed E-state index contributed by atoms with van der Waals surface area (Å²) in [6.45, 7) is 0. The van der Waals surface area contributed by atoms with Gasteiger partial charge in [-0.3, -0.25) is 9.78 Å². The van der Waals surface area contributed by atoms with E-state index in [1.54, 1.807) is 6.07 Å². The summed E-state index contributed by atoms with van der Waals surface area (Å²) in [5.74, 6) is 0. The lowest BCUT2D eigenvalue weighted by molar-refractivity contribution is -0.134. The Hall–Kier alpha value is -1.69. The maximum atomic E-state index is 12.4. The SMILES string of the molecule is O=Cc1cccnc1-c1ccc(C(F)(F)F)s1. The number of hydrogen-bond donors (Lipinski definition) is 0. The maximum absolute atomic E-state index is 12.4. The fraction of sp³-hybridized carbons (Fsp3) is 0.0909. The van der Waals surface area contributed by atoms with Gasteiger partial charge in [0.25, 0.3) is 0 Å². The zero-order valence-electron chi connectivity index (χ0n) is 8.36. The number of aldehydes is 1. The van der Waals surface area contributed by atoms with E-state index in [9.17, 15) is 18.0 Å². The zero-order valence-corrected chi connectivity index (χ0v) is 9.18. The molecule has 88 valence electrons. The molecule has 2 aromatic heterocycles. The Bertz CT molecular complexity index is 548. The number of hydrogen-bond acceptors (Lipinski definition) is 3. The average molecular weight is 257 g/mol. The molecule has 0 amide bonds. The first-order valence-electron chi connectivity index (χ1n) is 4.60. The van der Waals surface area contributed by atoms with Crippen LogP contribution < -0.4 is 0 Å². The van der Waals surface area contributed by atoms with Crippen molar-refractivity contribution in [3.63, 3.8) is 0 Å². The number of alkyl halides is 3. The molecule has 0 aliphatic heterocycles. The van der Waals surface area contributed by atoms with E-state index < -0.39 is 11.1 Å². The predicted molar refractivity (Wildman–Crippen MR) is 57.9 cm³/mol. The second kappa shape index (κ2) is 4.29. The number of pyridine rings is 1.